The van der Waals surface area contributed by atoms with Crippen molar-refractivity contribution >= 4 is 28.6 Å². The first-order chi connectivity index (χ1) is 13.5. The summed E-state index contributed by atoms with van der Waals surface area (Å²) in [5.41, 5.74) is 6.80. The number of carbonyl (C=O) groups is 1. The second-order valence-electron chi connectivity index (χ2n) is 7.62. The zero-order chi connectivity index (χ0) is 19.8. The van der Waals surface area contributed by atoms with Gasteiger partial charge in [0.05, 0.1) is 11.4 Å². The van der Waals surface area contributed by atoms with Crippen molar-refractivity contribution in [3.63, 3.8) is 0 Å². The van der Waals surface area contributed by atoms with Crippen LogP contribution in [0.15, 0.2) is 30.3 Å². The Morgan fingerprint density at radius 1 is 1.29 bits per heavy atom. The molecule has 28 heavy (non-hydrogen) atoms. The van der Waals surface area contributed by atoms with Crippen molar-refractivity contribution in [3.8, 4) is 0 Å². The molecule has 0 aliphatic heterocycles. The number of aromatic nitrogens is 3. The summed E-state index contributed by atoms with van der Waals surface area (Å²) in [6, 6.07) is 10.1. The number of alkyl halides is 1. The first-order valence-electron chi connectivity index (χ1n) is 9.64. The van der Waals surface area contributed by atoms with Gasteiger partial charge in [-0.2, -0.15) is 0 Å². The molecule has 0 amide bonds. The Balaban J connectivity index is 1.80. The maximum absolute atomic E-state index is 12.7. The monoisotopic (exact) mass is 397 g/mol. The smallest absolute Gasteiger partial charge is 0.309 e. The second kappa shape index (κ2) is 7.55. The quantitative estimate of drug-likeness (QED) is 0.460. The van der Waals surface area contributed by atoms with Crippen molar-refractivity contribution in [1.82, 2.24) is 15.0 Å². The number of fused-ring (bicyclic) bond motifs is 1. The Labute approximate surface area is 169 Å². The molecule has 0 saturated heterocycles. The lowest BCUT2D eigenvalue weighted by molar-refractivity contribution is -0.155. The van der Waals surface area contributed by atoms with E-state index in [9.17, 15) is 4.79 Å². The zero-order valence-electron chi connectivity index (χ0n) is 16.4. The van der Waals surface area contributed by atoms with Gasteiger partial charge in [0.2, 0.25) is 0 Å². The van der Waals surface area contributed by atoms with Crippen molar-refractivity contribution in [2.75, 3.05) is 0 Å². The van der Waals surface area contributed by atoms with E-state index in [-0.39, 0.29) is 11.9 Å². The van der Waals surface area contributed by atoms with Gasteiger partial charge in [0.1, 0.15) is 5.52 Å². The highest BCUT2D eigenvalue weighted by Gasteiger charge is 2.31. The molecule has 2 aromatic carbocycles. The third kappa shape index (κ3) is 3.28. The van der Waals surface area contributed by atoms with Crippen LogP contribution in [0.25, 0.3) is 11.0 Å². The molecule has 4 rings (SSSR count). The lowest BCUT2D eigenvalue weighted by Gasteiger charge is -2.28. The molecule has 1 fully saturated rings. The van der Waals surface area contributed by atoms with E-state index in [1.807, 2.05) is 51.2 Å². The molecule has 3 aromatic rings. The van der Waals surface area contributed by atoms with E-state index in [0.29, 0.717) is 5.88 Å². The normalized spacial score (nSPS) is 15.4. The molecule has 0 N–H and O–H groups in total. The minimum absolute atomic E-state index is 0.0148. The first-order valence-corrected chi connectivity index (χ1v) is 10.2. The highest BCUT2D eigenvalue weighted by Crippen LogP contribution is 2.36. The Kier molecular flexibility index (Phi) is 5.11. The van der Waals surface area contributed by atoms with Crippen LogP contribution in [0.2, 0.25) is 0 Å². The number of halogens is 1. The van der Waals surface area contributed by atoms with Crippen LogP contribution in [0.3, 0.4) is 0 Å². The van der Waals surface area contributed by atoms with Gasteiger partial charge >= 0.3 is 5.97 Å². The van der Waals surface area contributed by atoms with E-state index in [1.54, 1.807) is 4.68 Å². The molecule has 146 valence electrons. The van der Waals surface area contributed by atoms with Gasteiger partial charge in [-0.25, -0.2) is 4.68 Å². The summed E-state index contributed by atoms with van der Waals surface area (Å²) < 4.78 is 7.81. The summed E-state index contributed by atoms with van der Waals surface area (Å²) in [5, 5.41) is 8.42. The first kappa shape index (κ1) is 18.9. The summed E-state index contributed by atoms with van der Waals surface area (Å²) in [4.78, 5) is 12.7. The molecule has 0 bridgehead atoms. The molecular weight excluding hydrogens is 374 g/mol. The highest BCUT2D eigenvalue weighted by atomic mass is 35.5. The molecule has 5 nitrogen and oxygen atoms in total. The van der Waals surface area contributed by atoms with Crippen LogP contribution < -0.4 is 0 Å². The Morgan fingerprint density at radius 3 is 2.75 bits per heavy atom. The predicted octanol–water partition coefficient (Wildman–Crippen LogP) is 4.76. The lowest BCUT2D eigenvalue weighted by Crippen LogP contribution is -2.26. The number of hydrogen-bond acceptors (Lipinski definition) is 4. The number of esters is 1. The molecule has 0 radical (unpaired) electrons. The molecule has 1 heterocycles. The van der Waals surface area contributed by atoms with Crippen molar-refractivity contribution in [2.45, 2.75) is 45.1 Å². The predicted molar refractivity (Wildman–Crippen MR) is 109 cm³/mol. The van der Waals surface area contributed by atoms with Gasteiger partial charge in [-0.05, 0) is 55.0 Å². The van der Waals surface area contributed by atoms with E-state index < -0.39 is 6.10 Å². The molecule has 1 aliphatic rings. The number of rotatable bonds is 5. The van der Waals surface area contributed by atoms with Gasteiger partial charge in [-0.1, -0.05) is 35.9 Å². The van der Waals surface area contributed by atoms with E-state index in [1.165, 1.54) is 0 Å². The number of aryl methyl sites for hydroxylation is 3. The van der Waals surface area contributed by atoms with Gasteiger partial charge < -0.3 is 4.74 Å². The van der Waals surface area contributed by atoms with Crippen LogP contribution in [0.1, 0.15) is 53.2 Å². The van der Waals surface area contributed by atoms with Crippen LogP contribution in [0.5, 0.6) is 0 Å². The Hall–Kier alpha value is -2.40. The molecule has 1 unspecified atom stereocenters. The molecule has 1 aromatic heterocycles. The molecule has 1 saturated carbocycles. The van der Waals surface area contributed by atoms with Crippen molar-refractivity contribution in [3.05, 3.63) is 58.1 Å². The summed E-state index contributed by atoms with van der Waals surface area (Å²) in [7, 11) is 1.87. The molecule has 6 heteroatoms. The lowest BCUT2D eigenvalue weighted by atomic mass is 9.85. The number of ether oxygens (including phenoxy) is 1. The maximum Gasteiger partial charge on any atom is 0.309 e. The second-order valence-corrected chi connectivity index (χ2v) is 7.89. The highest BCUT2D eigenvalue weighted by molar-refractivity contribution is 6.17. The van der Waals surface area contributed by atoms with Gasteiger partial charge in [-0.3, -0.25) is 4.79 Å². The molecule has 1 aliphatic carbocycles. The number of benzene rings is 2. The van der Waals surface area contributed by atoms with Crippen molar-refractivity contribution in [2.24, 2.45) is 13.0 Å². The third-order valence-corrected chi connectivity index (χ3v) is 6.14. The molecule has 0 spiro atoms. The standard InChI is InChI=1S/C22H24ClN3O2/c1-13-7-8-16(11-17(13)12-23)21(28-22(27)15-5-4-6-15)18-9-10-19-20(14(18)2)24-25-26(19)3/h7-11,15,21H,4-6,12H2,1-3H3. The van der Waals surface area contributed by atoms with E-state index in [2.05, 4.69) is 10.3 Å². The SMILES string of the molecule is Cc1ccc(C(OC(=O)C2CCC2)c2ccc3c(nnn3C)c2C)cc1CCl. The average molecular weight is 398 g/mol. The van der Waals surface area contributed by atoms with E-state index in [0.717, 1.165) is 58.1 Å². The fourth-order valence-electron chi connectivity index (χ4n) is 3.70. The fraction of sp³-hybridized carbons (Fsp3) is 0.409. The number of carbonyl (C=O) groups excluding carboxylic acids is 1. The topological polar surface area (TPSA) is 57.0 Å². The minimum atomic E-state index is -0.484. The number of hydrogen-bond donors (Lipinski definition) is 0. The van der Waals surface area contributed by atoms with Gasteiger partial charge in [-0.15, -0.1) is 16.7 Å². The summed E-state index contributed by atoms with van der Waals surface area (Å²) in [6.07, 6.45) is 2.43. The van der Waals surface area contributed by atoms with E-state index >= 15 is 0 Å². The van der Waals surface area contributed by atoms with Crippen LogP contribution in [-0.2, 0) is 22.5 Å². The third-order valence-electron chi connectivity index (χ3n) is 5.85. The van der Waals surface area contributed by atoms with Gasteiger partial charge in [0, 0.05) is 18.5 Å². The summed E-state index contributed by atoms with van der Waals surface area (Å²) in [6.45, 7) is 4.04. The summed E-state index contributed by atoms with van der Waals surface area (Å²) in [5.74, 6) is 0.314. The zero-order valence-corrected chi connectivity index (χ0v) is 17.2. The largest absolute Gasteiger partial charge is 0.452 e. The fourth-order valence-corrected chi connectivity index (χ4v) is 3.99. The summed E-state index contributed by atoms with van der Waals surface area (Å²) >= 11 is 6.13. The number of nitrogens with zero attached hydrogens (tertiary/aromatic N) is 3. The average Bonchev–Trinajstić information content (AvgIpc) is 3.01. The van der Waals surface area contributed by atoms with Crippen molar-refractivity contribution < 1.29 is 9.53 Å². The van der Waals surface area contributed by atoms with Gasteiger partial charge in [0.15, 0.2) is 6.10 Å². The molecule has 1 atom stereocenters. The maximum atomic E-state index is 12.7. The Bertz CT molecular complexity index is 1040. The Morgan fingerprint density at radius 2 is 2.07 bits per heavy atom. The molecular formula is C22H24ClN3O2. The van der Waals surface area contributed by atoms with Crippen LogP contribution in [-0.4, -0.2) is 21.0 Å². The van der Waals surface area contributed by atoms with Crippen LogP contribution in [0.4, 0.5) is 0 Å². The van der Waals surface area contributed by atoms with E-state index in [4.69, 9.17) is 16.3 Å². The van der Waals surface area contributed by atoms with Crippen molar-refractivity contribution in [1.29, 1.82) is 0 Å². The minimum Gasteiger partial charge on any atom is -0.452 e. The van der Waals surface area contributed by atoms with Gasteiger partial charge in [0.25, 0.3) is 0 Å². The van der Waals surface area contributed by atoms with Crippen LogP contribution in [0, 0.1) is 19.8 Å². The van der Waals surface area contributed by atoms with Crippen LogP contribution >= 0.6 is 11.6 Å².